The fourth-order valence-electron chi connectivity index (χ4n) is 3.78. The first-order valence-corrected chi connectivity index (χ1v) is 8.08. The van der Waals surface area contributed by atoms with E-state index in [9.17, 15) is 9.90 Å². The molecule has 1 N–H and O–H groups in total. The van der Waals surface area contributed by atoms with E-state index < -0.39 is 11.4 Å². The van der Waals surface area contributed by atoms with Crippen LogP contribution in [0.25, 0.3) is 0 Å². The molecule has 0 radical (unpaired) electrons. The number of aliphatic carboxylic acids is 1. The monoisotopic (exact) mass is 283 g/mol. The van der Waals surface area contributed by atoms with E-state index in [2.05, 4.69) is 11.8 Å². The van der Waals surface area contributed by atoms with Crippen molar-refractivity contribution >= 4 is 5.97 Å². The number of rotatable bonds is 5. The minimum Gasteiger partial charge on any atom is -0.481 e. The minimum atomic E-state index is -0.618. The lowest BCUT2D eigenvalue weighted by Crippen LogP contribution is -2.45. The molecule has 0 saturated carbocycles. The van der Waals surface area contributed by atoms with Crippen LogP contribution in [0.2, 0.25) is 0 Å². The second-order valence-electron chi connectivity index (χ2n) is 6.80. The summed E-state index contributed by atoms with van der Waals surface area (Å²) >= 11 is 0. The van der Waals surface area contributed by atoms with Gasteiger partial charge in [-0.1, -0.05) is 27.2 Å². The smallest absolute Gasteiger partial charge is 0.311 e. The van der Waals surface area contributed by atoms with E-state index in [0.717, 1.165) is 45.3 Å². The molecule has 0 spiro atoms. The molecule has 2 aliphatic heterocycles. The normalized spacial score (nSPS) is 35.6. The number of carbonyl (C=O) groups is 1. The van der Waals surface area contributed by atoms with E-state index in [-0.39, 0.29) is 5.92 Å². The average molecular weight is 283 g/mol. The molecule has 0 aromatic heterocycles. The number of carboxylic acid groups (broad SMARTS) is 1. The van der Waals surface area contributed by atoms with Crippen LogP contribution >= 0.6 is 0 Å². The summed E-state index contributed by atoms with van der Waals surface area (Å²) in [7, 11) is 0. The van der Waals surface area contributed by atoms with Gasteiger partial charge in [-0.2, -0.15) is 0 Å². The Morgan fingerprint density at radius 3 is 2.80 bits per heavy atom. The van der Waals surface area contributed by atoms with Gasteiger partial charge >= 0.3 is 5.97 Å². The Labute approximate surface area is 122 Å². The van der Waals surface area contributed by atoms with Gasteiger partial charge in [-0.3, -0.25) is 9.69 Å². The number of hydrogen-bond acceptors (Lipinski definition) is 3. The maximum absolute atomic E-state index is 11.7. The summed E-state index contributed by atoms with van der Waals surface area (Å²) < 4.78 is 5.81. The third-order valence-corrected chi connectivity index (χ3v) is 5.33. The van der Waals surface area contributed by atoms with Crippen LogP contribution in [-0.4, -0.2) is 47.8 Å². The molecule has 0 aromatic rings. The fraction of sp³-hybridized carbons (Fsp3) is 0.938. The van der Waals surface area contributed by atoms with Gasteiger partial charge in [-0.05, 0) is 38.1 Å². The van der Waals surface area contributed by atoms with E-state index in [1.807, 2.05) is 13.8 Å². The molecule has 4 nitrogen and oxygen atoms in total. The highest BCUT2D eigenvalue weighted by Gasteiger charge is 2.48. The van der Waals surface area contributed by atoms with Crippen LogP contribution in [0.1, 0.15) is 52.9 Å². The van der Waals surface area contributed by atoms with Gasteiger partial charge in [0.15, 0.2) is 0 Å². The Balaban J connectivity index is 1.99. The molecular formula is C16H29NO3. The Kier molecular flexibility index (Phi) is 5.08. The molecule has 2 fully saturated rings. The Morgan fingerprint density at radius 1 is 1.50 bits per heavy atom. The van der Waals surface area contributed by atoms with E-state index >= 15 is 0 Å². The van der Waals surface area contributed by atoms with E-state index in [4.69, 9.17) is 4.74 Å². The number of hydrogen-bond donors (Lipinski definition) is 1. The van der Waals surface area contributed by atoms with E-state index in [0.29, 0.717) is 18.7 Å². The highest BCUT2D eigenvalue weighted by atomic mass is 16.5. The zero-order valence-electron chi connectivity index (χ0n) is 13.1. The molecule has 0 aromatic carbocycles. The predicted octanol–water partition coefficient (Wildman–Crippen LogP) is 2.77. The first-order chi connectivity index (χ1) is 9.49. The van der Waals surface area contributed by atoms with Crippen molar-refractivity contribution in [3.05, 3.63) is 0 Å². The zero-order valence-corrected chi connectivity index (χ0v) is 13.1. The van der Waals surface area contributed by atoms with Crippen LogP contribution in [0.3, 0.4) is 0 Å². The van der Waals surface area contributed by atoms with Crippen LogP contribution < -0.4 is 0 Å². The van der Waals surface area contributed by atoms with Gasteiger partial charge in [-0.15, -0.1) is 0 Å². The van der Waals surface area contributed by atoms with Crippen LogP contribution in [-0.2, 0) is 9.53 Å². The molecule has 0 bridgehead atoms. The van der Waals surface area contributed by atoms with E-state index in [1.54, 1.807) is 0 Å². The van der Waals surface area contributed by atoms with Crippen molar-refractivity contribution in [2.24, 2.45) is 11.3 Å². The number of likely N-dealkylation sites (tertiary alicyclic amines) is 1. The Bertz CT molecular complexity index is 343. The lowest BCUT2D eigenvalue weighted by atomic mass is 9.76. The topological polar surface area (TPSA) is 49.8 Å². The summed E-state index contributed by atoms with van der Waals surface area (Å²) in [6, 6.07) is 0.514. The molecule has 3 atom stereocenters. The second kappa shape index (κ2) is 6.44. The first kappa shape index (κ1) is 15.8. The molecule has 2 rings (SSSR count). The van der Waals surface area contributed by atoms with Crippen molar-refractivity contribution in [2.45, 2.75) is 65.0 Å². The lowest BCUT2D eigenvalue weighted by Gasteiger charge is -2.37. The van der Waals surface area contributed by atoms with Crippen molar-refractivity contribution in [1.82, 2.24) is 4.90 Å². The fourth-order valence-corrected chi connectivity index (χ4v) is 3.78. The average Bonchev–Trinajstić information content (AvgIpc) is 2.86. The highest BCUT2D eigenvalue weighted by Crippen LogP contribution is 2.40. The van der Waals surface area contributed by atoms with Gasteiger partial charge < -0.3 is 9.84 Å². The zero-order chi connectivity index (χ0) is 14.8. The van der Waals surface area contributed by atoms with E-state index in [1.165, 1.54) is 0 Å². The summed E-state index contributed by atoms with van der Waals surface area (Å²) in [6.45, 7) is 8.74. The predicted molar refractivity (Wildman–Crippen MR) is 78.8 cm³/mol. The first-order valence-electron chi connectivity index (χ1n) is 8.08. The summed E-state index contributed by atoms with van der Waals surface area (Å²) in [5, 5.41) is 9.64. The molecule has 116 valence electrons. The molecule has 3 unspecified atom stereocenters. The van der Waals surface area contributed by atoms with Gasteiger partial charge in [0, 0.05) is 19.2 Å². The van der Waals surface area contributed by atoms with Crippen molar-refractivity contribution in [3.8, 4) is 0 Å². The van der Waals surface area contributed by atoms with Crippen molar-refractivity contribution in [1.29, 1.82) is 0 Å². The van der Waals surface area contributed by atoms with Crippen LogP contribution in [0.4, 0.5) is 0 Å². The van der Waals surface area contributed by atoms with Gasteiger partial charge in [0.25, 0.3) is 0 Å². The van der Waals surface area contributed by atoms with Crippen molar-refractivity contribution in [2.75, 3.05) is 19.7 Å². The number of ether oxygens (including phenoxy) is 1. The third-order valence-electron chi connectivity index (χ3n) is 5.33. The third kappa shape index (κ3) is 3.01. The number of carboxylic acids is 1. The van der Waals surface area contributed by atoms with Gasteiger partial charge in [0.1, 0.15) is 0 Å². The summed E-state index contributed by atoms with van der Waals surface area (Å²) in [5.41, 5.74) is -0.543. The molecule has 2 heterocycles. The lowest BCUT2D eigenvalue weighted by molar-refractivity contribution is -0.151. The second-order valence-corrected chi connectivity index (χ2v) is 6.80. The van der Waals surface area contributed by atoms with Crippen LogP contribution in [0.15, 0.2) is 0 Å². The van der Waals surface area contributed by atoms with Crippen LogP contribution in [0, 0.1) is 11.3 Å². The minimum absolute atomic E-state index is 0.191. The largest absolute Gasteiger partial charge is 0.481 e. The molecule has 4 heteroatoms. The van der Waals surface area contributed by atoms with Crippen molar-refractivity contribution in [3.63, 3.8) is 0 Å². The Hall–Kier alpha value is -0.610. The molecular weight excluding hydrogens is 254 g/mol. The maximum Gasteiger partial charge on any atom is 0.311 e. The van der Waals surface area contributed by atoms with Gasteiger partial charge in [0.2, 0.25) is 0 Å². The number of nitrogens with zero attached hydrogens (tertiary/aromatic N) is 1. The molecule has 0 aliphatic carbocycles. The standard InChI is InChI=1S/C16H29NO3/c1-4-5-14-10-13(6-9-20-14)17-8-7-16(11-17,12(2)3)15(18)19/h12-14H,4-11H2,1-3H3,(H,18,19). The molecule has 0 amide bonds. The molecule has 20 heavy (non-hydrogen) atoms. The molecule has 2 saturated heterocycles. The quantitative estimate of drug-likeness (QED) is 0.843. The summed E-state index contributed by atoms with van der Waals surface area (Å²) in [4.78, 5) is 14.1. The Morgan fingerprint density at radius 2 is 2.25 bits per heavy atom. The molecule has 2 aliphatic rings. The van der Waals surface area contributed by atoms with Crippen molar-refractivity contribution < 1.29 is 14.6 Å². The van der Waals surface area contributed by atoms with Crippen LogP contribution in [0.5, 0.6) is 0 Å². The highest BCUT2D eigenvalue weighted by molar-refractivity contribution is 5.75. The maximum atomic E-state index is 11.7. The van der Waals surface area contributed by atoms with Gasteiger partial charge in [0.05, 0.1) is 11.5 Å². The SMILES string of the molecule is CCCC1CC(N2CCC(C(=O)O)(C(C)C)C2)CCO1. The summed E-state index contributed by atoms with van der Waals surface area (Å²) in [5.74, 6) is -0.427. The summed E-state index contributed by atoms with van der Waals surface area (Å²) in [6.07, 6.45) is 5.56. The van der Waals surface area contributed by atoms with Gasteiger partial charge in [-0.25, -0.2) is 0 Å².